The molecule has 0 saturated carbocycles. The maximum atomic E-state index is 13.0. The van der Waals surface area contributed by atoms with Gasteiger partial charge in [0, 0.05) is 30.4 Å². The van der Waals surface area contributed by atoms with E-state index in [0.717, 1.165) is 0 Å². The molecular formula is C24H25N3O7S. The third-order valence-corrected chi connectivity index (χ3v) is 7.55. The number of nitrogens with zero attached hydrogens (tertiary/aromatic N) is 2. The number of carbonyl (C=O) groups is 1. The number of nitrogens with one attached hydrogen (secondary N) is 1. The van der Waals surface area contributed by atoms with Crippen LogP contribution < -0.4 is 14.8 Å². The molecule has 3 heterocycles. The maximum absolute atomic E-state index is 13.0. The predicted molar refractivity (Wildman–Crippen MR) is 126 cm³/mol. The van der Waals surface area contributed by atoms with Crippen molar-refractivity contribution in [3.8, 4) is 22.8 Å². The quantitative estimate of drug-likeness (QED) is 0.568. The first-order chi connectivity index (χ1) is 16.8. The van der Waals surface area contributed by atoms with Gasteiger partial charge in [-0.25, -0.2) is 8.42 Å². The zero-order valence-electron chi connectivity index (χ0n) is 19.3. The van der Waals surface area contributed by atoms with E-state index in [0.29, 0.717) is 54.8 Å². The van der Waals surface area contributed by atoms with Crippen LogP contribution >= 0.6 is 0 Å². The molecule has 2 unspecified atom stereocenters. The minimum Gasteiger partial charge on any atom is -0.486 e. The number of hydrogen-bond acceptors (Lipinski definition) is 8. The van der Waals surface area contributed by atoms with Gasteiger partial charge in [0.1, 0.15) is 13.2 Å². The molecule has 11 heteroatoms. The largest absolute Gasteiger partial charge is 0.486 e. The molecule has 0 aliphatic carbocycles. The molecule has 0 radical (unpaired) electrons. The second-order valence-electron chi connectivity index (χ2n) is 8.49. The number of ether oxygens (including phenoxy) is 3. The highest BCUT2D eigenvalue weighted by molar-refractivity contribution is 7.89. The summed E-state index contributed by atoms with van der Waals surface area (Å²) in [6.07, 6.45) is -0.358. The van der Waals surface area contributed by atoms with Gasteiger partial charge >= 0.3 is 0 Å². The number of aromatic nitrogens is 1. The third-order valence-electron chi connectivity index (χ3n) is 5.71. The van der Waals surface area contributed by atoms with Gasteiger partial charge in [-0.1, -0.05) is 5.16 Å². The van der Waals surface area contributed by atoms with Crippen LogP contribution in [0.15, 0.2) is 57.9 Å². The highest BCUT2D eigenvalue weighted by Crippen LogP contribution is 2.34. The normalized spacial score (nSPS) is 20.4. The van der Waals surface area contributed by atoms with E-state index in [1.54, 1.807) is 30.3 Å². The fourth-order valence-electron chi connectivity index (χ4n) is 4.10. The minimum atomic E-state index is -3.67. The molecule has 1 saturated heterocycles. The molecule has 2 aliphatic heterocycles. The summed E-state index contributed by atoms with van der Waals surface area (Å²) < 4.78 is 49.5. The fourth-order valence-corrected chi connectivity index (χ4v) is 5.69. The number of hydrogen-bond donors (Lipinski definition) is 1. The Bertz CT molecular complexity index is 1330. The van der Waals surface area contributed by atoms with E-state index in [1.807, 2.05) is 13.8 Å². The summed E-state index contributed by atoms with van der Waals surface area (Å²) in [5, 5.41) is 6.57. The Hall–Kier alpha value is -3.41. The van der Waals surface area contributed by atoms with Crippen molar-refractivity contribution in [2.24, 2.45) is 0 Å². The summed E-state index contributed by atoms with van der Waals surface area (Å²) in [6.45, 7) is 5.24. The molecular weight excluding hydrogens is 474 g/mol. The summed E-state index contributed by atoms with van der Waals surface area (Å²) in [5.41, 5.74) is 1.21. The van der Waals surface area contributed by atoms with Gasteiger partial charge < -0.3 is 24.1 Å². The van der Waals surface area contributed by atoms with E-state index < -0.39 is 15.9 Å². The summed E-state index contributed by atoms with van der Waals surface area (Å²) in [7, 11) is -3.67. The summed E-state index contributed by atoms with van der Waals surface area (Å²) in [5.74, 6) is 1.18. The first-order valence-corrected chi connectivity index (χ1v) is 12.7. The Balaban J connectivity index is 1.27. The van der Waals surface area contributed by atoms with Gasteiger partial charge in [0.05, 0.1) is 17.1 Å². The van der Waals surface area contributed by atoms with Crippen molar-refractivity contribution in [1.29, 1.82) is 0 Å². The summed E-state index contributed by atoms with van der Waals surface area (Å²) >= 11 is 0. The maximum Gasteiger partial charge on any atom is 0.277 e. The smallest absolute Gasteiger partial charge is 0.277 e. The second-order valence-corrected chi connectivity index (χ2v) is 10.4. The summed E-state index contributed by atoms with van der Waals surface area (Å²) in [6, 6.07) is 12.9. The topological polar surface area (TPSA) is 120 Å². The Morgan fingerprint density at radius 3 is 2.37 bits per heavy atom. The van der Waals surface area contributed by atoms with Gasteiger partial charge in [0.2, 0.25) is 10.0 Å². The average Bonchev–Trinajstić information content (AvgIpc) is 3.34. The number of benzene rings is 2. The van der Waals surface area contributed by atoms with Crippen LogP contribution in [-0.4, -0.2) is 62.3 Å². The standard InChI is InChI=1S/C24H25N3O7S/c1-15-13-27(14-16(2)33-15)35(29,30)19-6-4-18(5-7-19)25-24(28)20-12-22(34-26-20)17-3-8-21-23(11-17)32-10-9-31-21/h3-8,11-12,15-16H,9-10,13-14H2,1-2H3,(H,25,28). The van der Waals surface area contributed by atoms with Crippen molar-refractivity contribution in [1.82, 2.24) is 9.46 Å². The second kappa shape index (κ2) is 9.33. The number of anilines is 1. The Kier molecular flexibility index (Phi) is 6.22. The van der Waals surface area contributed by atoms with Crippen LogP contribution in [0.5, 0.6) is 11.5 Å². The fraction of sp³-hybridized carbons (Fsp3) is 0.333. The van der Waals surface area contributed by atoms with Gasteiger partial charge in [0.15, 0.2) is 23.0 Å². The molecule has 1 fully saturated rings. The van der Waals surface area contributed by atoms with Crippen molar-refractivity contribution in [3.05, 3.63) is 54.2 Å². The number of amides is 1. The molecule has 1 amide bonds. The highest BCUT2D eigenvalue weighted by Gasteiger charge is 2.32. The van der Waals surface area contributed by atoms with Crippen molar-refractivity contribution in [2.75, 3.05) is 31.6 Å². The van der Waals surface area contributed by atoms with Crippen LogP contribution in [0.1, 0.15) is 24.3 Å². The molecule has 184 valence electrons. The number of carbonyl (C=O) groups excluding carboxylic acids is 1. The molecule has 3 aromatic rings. The molecule has 5 rings (SSSR count). The first kappa shape index (κ1) is 23.3. The monoisotopic (exact) mass is 499 g/mol. The molecule has 0 bridgehead atoms. The van der Waals surface area contributed by atoms with E-state index >= 15 is 0 Å². The van der Waals surface area contributed by atoms with Crippen molar-refractivity contribution in [3.63, 3.8) is 0 Å². The van der Waals surface area contributed by atoms with Crippen LogP contribution in [0, 0.1) is 0 Å². The van der Waals surface area contributed by atoms with Crippen LogP contribution in [0.4, 0.5) is 5.69 Å². The highest BCUT2D eigenvalue weighted by atomic mass is 32.2. The number of rotatable bonds is 5. The van der Waals surface area contributed by atoms with E-state index in [-0.39, 0.29) is 22.8 Å². The molecule has 1 N–H and O–H groups in total. The molecule has 2 aromatic carbocycles. The Labute approximate surface area is 202 Å². The Morgan fingerprint density at radius 1 is 0.971 bits per heavy atom. The average molecular weight is 500 g/mol. The van der Waals surface area contributed by atoms with Crippen LogP contribution in [0.25, 0.3) is 11.3 Å². The van der Waals surface area contributed by atoms with Gasteiger partial charge in [-0.2, -0.15) is 4.31 Å². The lowest BCUT2D eigenvalue weighted by molar-refractivity contribution is -0.0440. The molecule has 35 heavy (non-hydrogen) atoms. The van der Waals surface area contributed by atoms with E-state index in [4.69, 9.17) is 18.7 Å². The molecule has 2 aliphatic rings. The predicted octanol–water partition coefficient (Wildman–Crippen LogP) is 3.16. The van der Waals surface area contributed by atoms with Crippen molar-refractivity contribution in [2.45, 2.75) is 31.0 Å². The molecule has 0 spiro atoms. The molecule has 2 atom stereocenters. The number of fused-ring (bicyclic) bond motifs is 1. The van der Waals surface area contributed by atoms with Crippen LogP contribution in [0.3, 0.4) is 0 Å². The lowest BCUT2D eigenvalue weighted by Gasteiger charge is -2.34. The zero-order valence-corrected chi connectivity index (χ0v) is 20.1. The van der Waals surface area contributed by atoms with Crippen LogP contribution in [0.2, 0.25) is 0 Å². The number of sulfonamides is 1. The van der Waals surface area contributed by atoms with Crippen molar-refractivity contribution < 1.29 is 31.9 Å². The van der Waals surface area contributed by atoms with Gasteiger partial charge in [0.25, 0.3) is 5.91 Å². The van der Waals surface area contributed by atoms with Crippen molar-refractivity contribution >= 4 is 21.6 Å². The lowest BCUT2D eigenvalue weighted by atomic mass is 10.1. The SMILES string of the molecule is CC1CN(S(=O)(=O)c2ccc(NC(=O)c3cc(-c4ccc5c(c4)OCCO5)on3)cc2)CC(C)O1. The first-order valence-electron chi connectivity index (χ1n) is 11.2. The van der Waals surface area contributed by atoms with E-state index in [2.05, 4.69) is 10.5 Å². The van der Waals surface area contributed by atoms with Gasteiger partial charge in [-0.05, 0) is 56.3 Å². The lowest BCUT2D eigenvalue weighted by Crippen LogP contribution is -2.48. The Morgan fingerprint density at radius 2 is 1.66 bits per heavy atom. The van der Waals surface area contributed by atoms with Gasteiger partial charge in [-0.3, -0.25) is 4.79 Å². The molecule has 1 aromatic heterocycles. The third kappa shape index (κ3) is 4.88. The minimum absolute atomic E-state index is 0.0860. The molecule has 10 nitrogen and oxygen atoms in total. The van der Waals surface area contributed by atoms with E-state index in [1.165, 1.54) is 22.5 Å². The summed E-state index contributed by atoms with van der Waals surface area (Å²) in [4.78, 5) is 12.8. The van der Waals surface area contributed by atoms with Crippen LogP contribution in [-0.2, 0) is 14.8 Å². The van der Waals surface area contributed by atoms with Gasteiger partial charge in [-0.15, -0.1) is 0 Å². The number of morpholine rings is 1. The van der Waals surface area contributed by atoms with E-state index in [9.17, 15) is 13.2 Å². The zero-order chi connectivity index (χ0) is 24.6.